The van der Waals surface area contributed by atoms with E-state index in [1.807, 2.05) is 0 Å². The van der Waals surface area contributed by atoms with Crippen molar-refractivity contribution in [2.75, 3.05) is 0 Å². The van der Waals surface area contributed by atoms with Gasteiger partial charge in [0.15, 0.2) is 0 Å². The minimum absolute atomic E-state index is 0.407. The van der Waals surface area contributed by atoms with Crippen molar-refractivity contribution >= 4 is 0 Å². The molecular formula is C15H24. The summed E-state index contributed by atoms with van der Waals surface area (Å²) in [4.78, 5) is 0. The van der Waals surface area contributed by atoms with Crippen LogP contribution in [0.5, 0.6) is 0 Å². The predicted octanol–water partition coefficient (Wildman–Crippen LogP) is 4.87. The highest BCUT2D eigenvalue weighted by atomic mass is 14.5. The van der Waals surface area contributed by atoms with Gasteiger partial charge in [-0.1, -0.05) is 37.6 Å². The van der Waals surface area contributed by atoms with E-state index in [0.717, 1.165) is 0 Å². The molecule has 0 nitrogen and oxygen atoms in total. The highest BCUT2D eigenvalue weighted by Gasteiger charge is 2.47. The lowest BCUT2D eigenvalue weighted by molar-refractivity contribution is 0.0986. The first-order valence-electron chi connectivity index (χ1n) is 6.32. The van der Waals surface area contributed by atoms with Crippen molar-refractivity contribution in [1.29, 1.82) is 0 Å². The zero-order valence-electron chi connectivity index (χ0n) is 10.5. The normalized spacial score (nSPS) is 41.8. The Bertz CT molecular complexity index is 310. The molecule has 0 amide bonds. The smallest absolute Gasteiger partial charge is 0.00621 e. The molecule has 15 heavy (non-hydrogen) atoms. The van der Waals surface area contributed by atoms with Gasteiger partial charge in [0.1, 0.15) is 0 Å². The molecule has 2 atom stereocenters. The number of allylic oxidation sites excluding steroid dienone is 3. The Labute approximate surface area is 94.5 Å². The monoisotopic (exact) mass is 204 g/mol. The van der Waals surface area contributed by atoms with Gasteiger partial charge in [0.2, 0.25) is 0 Å². The fraction of sp³-hybridized carbons (Fsp3) is 0.733. The van der Waals surface area contributed by atoms with Crippen molar-refractivity contribution in [3.63, 3.8) is 0 Å². The highest BCUT2D eigenvalue weighted by Crippen LogP contribution is 2.58. The maximum absolute atomic E-state index is 4.33. The standard InChI is InChI=1S/C15H24/c1-12-7-10-14(3,11-8-12)15(4)9-5-6-13(15)2/h7H,2,5-6,8-11H2,1,3-4H3/t14-,15+/m0/s1. The largest absolute Gasteiger partial charge is 0.0993 e. The third-order valence-corrected chi connectivity index (χ3v) is 5.24. The van der Waals surface area contributed by atoms with Gasteiger partial charge in [-0.05, 0) is 56.3 Å². The zero-order valence-corrected chi connectivity index (χ0v) is 10.5. The van der Waals surface area contributed by atoms with Gasteiger partial charge >= 0.3 is 0 Å². The average molecular weight is 204 g/mol. The molecule has 1 saturated carbocycles. The van der Waals surface area contributed by atoms with Crippen molar-refractivity contribution in [2.45, 2.75) is 59.3 Å². The van der Waals surface area contributed by atoms with Crippen LogP contribution in [0.4, 0.5) is 0 Å². The molecule has 0 bridgehead atoms. The van der Waals surface area contributed by atoms with Crippen LogP contribution in [0.25, 0.3) is 0 Å². The van der Waals surface area contributed by atoms with Crippen LogP contribution >= 0.6 is 0 Å². The molecule has 0 aromatic carbocycles. The topological polar surface area (TPSA) is 0 Å². The van der Waals surface area contributed by atoms with Gasteiger partial charge in [-0.25, -0.2) is 0 Å². The zero-order chi connectivity index (χ0) is 11.1. The first-order valence-corrected chi connectivity index (χ1v) is 6.32. The maximum Gasteiger partial charge on any atom is -0.00621 e. The minimum Gasteiger partial charge on any atom is -0.0993 e. The van der Waals surface area contributed by atoms with Crippen LogP contribution in [0, 0.1) is 10.8 Å². The second-order valence-electron chi connectivity index (χ2n) is 6.10. The SMILES string of the molecule is C=C1CCC[C@@]1(C)[C@@]1(C)CC=C(C)CC1. The summed E-state index contributed by atoms with van der Waals surface area (Å²) in [5, 5.41) is 0. The van der Waals surface area contributed by atoms with Crippen LogP contribution in [-0.2, 0) is 0 Å². The second kappa shape index (κ2) is 3.50. The fourth-order valence-electron chi connectivity index (χ4n) is 3.41. The lowest BCUT2D eigenvalue weighted by atomic mass is 9.57. The lowest BCUT2D eigenvalue weighted by Crippen LogP contribution is -2.37. The Morgan fingerprint density at radius 1 is 1.20 bits per heavy atom. The molecule has 0 aliphatic heterocycles. The van der Waals surface area contributed by atoms with Crippen LogP contribution in [0.2, 0.25) is 0 Å². The third kappa shape index (κ3) is 1.58. The molecular weight excluding hydrogens is 180 g/mol. The predicted molar refractivity (Wildman–Crippen MR) is 66.8 cm³/mol. The van der Waals surface area contributed by atoms with Gasteiger partial charge in [-0.2, -0.15) is 0 Å². The molecule has 0 spiro atoms. The third-order valence-electron chi connectivity index (χ3n) is 5.24. The van der Waals surface area contributed by atoms with E-state index in [-0.39, 0.29) is 0 Å². The van der Waals surface area contributed by atoms with Gasteiger partial charge < -0.3 is 0 Å². The van der Waals surface area contributed by atoms with Crippen molar-refractivity contribution < 1.29 is 0 Å². The molecule has 84 valence electrons. The Kier molecular flexibility index (Phi) is 2.56. The quantitative estimate of drug-likeness (QED) is 0.535. The molecule has 2 aliphatic rings. The first kappa shape index (κ1) is 11.0. The highest BCUT2D eigenvalue weighted by molar-refractivity contribution is 5.22. The summed E-state index contributed by atoms with van der Waals surface area (Å²) in [5.41, 5.74) is 3.97. The van der Waals surface area contributed by atoms with Gasteiger partial charge in [-0.3, -0.25) is 0 Å². The van der Waals surface area contributed by atoms with E-state index < -0.39 is 0 Å². The minimum atomic E-state index is 0.407. The van der Waals surface area contributed by atoms with Gasteiger partial charge in [0, 0.05) is 0 Å². The first-order chi connectivity index (χ1) is 6.98. The Hall–Kier alpha value is -0.520. The van der Waals surface area contributed by atoms with Crippen LogP contribution in [0.15, 0.2) is 23.8 Å². The van der Waals surface area contributed by atoms with E-state index in [1.165, 1.54) is 44.1 Å². The number of hydrogen-bond donors (Lipinski definition) is 0. The summed E-state index contributed by atoms with van der Waals surface area (Å²) in [6, 6.07) is 0. The van der Waals surface area contributed by atoms with Crippen molar-refractivity contribution in [3.8, 4) is 0 Å². The lowest BCUT2D eigenvalue weighted by Gasteiger charge is -2.47. The summed E-state index contributed by atoms with van der Waals surface area (Å²) in [6.07, 6.45) is 10.3. The van der Waals surface area contributed by atoms with E-state index in [1.54, 1.807) is 5.57 Å². The van der Waals surface area contributed by atoms with E-state index in [2.05, 4.69) is 33.4 Å². The van der Waals surface area contributed by atoms with Gasteiger partial charge in [0.05, 0.1) is 0 Å². The Morgan fingerprint density at radius 2 is 1.93 bits per heavy atom. The number of rotatable bonds is 1. The van der Waals surface area contributed by atoms with Crippen molar-refractivity contribution in [1.82, 2.24) is 0 Å². The van der Waals surface area contributed by atoms with Crippen LogP contribution in [-0.4, -0.2) is 0 Å². The van der Waals surface area contributed by atoms with E-state index >= 15 is 0 Å². The second-order valence-corrected chi connectivity index (χ2v) is 6.10. The number of hydrogen-bond acceptors (Lipinski definition) is 0. The van der Waals surface area contributed by atoms with Crippen LogP contribution in [0.1, 0.15) is 59.3 Å². The van der Waals surface area contributed by atoms with Gasteiger partial charge in [-0.15, -0.1) is 0 Å². The molecule has 1 fully saturated rings. The van der Waals surface area contributed by atoms with E-state index in [9.17, 15) is 0 Å². The van der Waals surface area contributed by atoms with Crippen LogP contribution in [0.3, 0.4) is 0 Å². The molecule has 0 aromatic rings. The summed E-state index contributed by atoms with van der Waals surface area (Å²) < 4.78 is 0. The summed E-state index contributed by atoms with van der Waals surface area (Å²) in [7, 11) is 0. The molecule has 0 heterocycles. The summed E-state index contributed by atoms with van der Waals surface area (Å²) in [5.74, 6) is 0. The molecule has 0 heteroatoms. The van der Waals surface area contributed by atoms with Crippen LogP contribution < -0.4 is 0 Å². The fourth-order valence-corrected chi connectivity index (χ4v) is 3.41. The summed E-state index contributed by atoms with van der Waals surface area (Å²) >= 11 is 0. The molecule has 2 aliphatic carbocycles. The molecule has 2 rings (SSSR count). The molecule has 0 radical (unpaired) electrons. The Balaban J connectivity index is 2.26. The van der Waals surface area contributed by atoms with Crippen molar-refractivity contribution in [3.05, 3.63) is 23.8 Å². The molecule has 0 saturated heterocycles. The van der Waals surface area contributed by atoms with Crippen molar-refractivity contribution in [2.24, 2.45) is 10.8 Å². The van der Waals surface area contributed by atoms with E-state index in [0.29, 0.717) is 10.8 Å². The molecule has 0 unspecified atom stereocenters. The maximum atomic E-state index is 4.33. The molecule has 0 aromatic heterocycles. The van der Waals surface area contributed by atoms with Gasteiger partial charge in [0.25, 0.3) is 0 Å². The summed E-state index contributed by atoms with van der Waals surface area (Å²) in [6.45, 7) is 11.5. The van der Waals surface area contributed by atoms with E-state index in [4.69, 9.17) is 0 Å². The average Bonchev–Trinajstić information content (AvgIpc) is 2.54. The molecule has 0 N–H and O–H groups in total. The Morgan fingerprint density at radius 3 is 2.40 bits per heavy atom.